The lowest BCUT2D eigenvalue weighted by molar-refractivity contribution is -0.384. The van der Waals surface area contributed by atoms with Crippen LogP contribution in [0, 0.1) is 17.0 Å². The van der Waals surface area contributed by atoms with E-state index in [1.165, 1.54) is 24.1 Å². The van der Waals surface area contributed by atoms with Gasteiger partial charge in [0.15, 0.2) is 0 Å². The number of H-pyrrole nitrogens is 1. The number of likely N-dealkylation sites (N-methyl/N-ethyl adjacent to an activating group) is 1. The molecule has 0 saturated heterocycles. The summed E-state index contributed by atoms with van der Waals surface area (Å²) in [6.45, 7) is 4.13. The van der Waals surface area contributed by atoms with Gasteiger partial charge in [-0.3, -0.25) is 24.5 Å². The number of aromatic amines is 1. The third-order valence-electron chi connectivity index (χ3n) is 7.52. The highest BCUT2D eigenvalue weighted by atomic mass is 79.9. The maximum Gasteiger partial charge on any atom is 0.305 e. The van der Waals surface area contributed by atoms with E-state index < -0.39 is 11.0 Å². The molecule has 0 saturated carbocycles. The molecule has 3 aromatic carbocycles. The zero-order chi connectivity index (χ0) is 31.3. The van der Waals surface area contributed by atoms with Crippen molar-refractivity contribution in [2.75, 3.05) is 19.5 Å². The van der Waals surface area contributed by atoms with Crippen LogP contribution in [0.15, 0.2) is 76.1 Å². The highest BCUT2D eigenvalue weighted by Crippen LogP contribution is 2.31. The lowest BCUT2D eigenvalue weighted by Gasteiger charge is -2.27. The van der Waals surface area contributed by atoms with Gasteiger partial charge in [0.25, 0.3) is 11.2 Å². The number of esters is 1. The van der Waals surface area contributed by atoms with E-state index in [2.05, 4.69) is 26.2 Å². The standard InChI is InChI=1S/C32H33BrN4O6/c1-19(5-12-29(38)43-4)26-10-7-22(15-20(26)2)30(35-24-8-6-21-13-14-34-31(39)27(21)17-24)32(40)36(3)18-23-16-25(37(41)42)9-11-28(23)33/h6-11,13-17,19,30,35H,5,12,18H2,1-4H3,(H,34,39)/t19-,30?/m0/s1. The van der Waals surface area contributed by atoms with Crippen molar-refractivity contribution in [3.05, 3.63) is 114 Å². The molecule has 10 nitrogen and oxygen atoms in total. The second kappa shape index (κ2) is 13.6. The molecule has 0 aliphatic rings. The Kier molecular flexibility index (Phi) is 9.97. The minimum absolute atomic E-state index is 0.0670. The van der Waals surface area contributed by atoms with E-state index in [-0.39, 0.29) is 35.6 Å². The van der Waals surface area contributed by atoms with Gasteiger partial charge in [0, 0.05) is 53.9 Å². The Morgan fingerprint density at radius 3 is 2.58 bits per heavy atom. The van der Waals surface area contributed by atoms with Crippen LogP contribution in [0.3, 0.4) is 0 Å². The first kappa shape index (κ1) is 31.4. The van der Waals surface area contributed by atoms with Gasteiger partial charge in [-0.25, -0.2) is 0 Å². The fraction of sp³-hybridized carbons (Fsp3) is 0.281. The van der Waals surface area contributed by atoms with Crippen LogP contribution in [0.5, 0.6) is 0 Å². The summed E-state index contributed by atoms with van der Waals surface area (Å²) < 4.78 is 5.43. The Bertz CT molecular complexity index is 1740. The number of carbonyl (C=O) groups excluding carboxylic acids is 2. The number of amides is 1. The summed E-state index contributed by atoms with van der Waals surface area (Å²) in [6.07, 6.45) is 2.52. The van der Waals surface area contributed by atoms with Crippen molar-refractivity contribution in [3.63, 3.8) is 0 Å². The van der Waals surface area contributed by atoms with Crippen LogP contribution in [0.1, 0.15) is 54.0 Å². The zero-order valence-electron chi connectivity index (χ0n) is 24.3. The van der Waals surface area contributed by atoms with Crippen LogP contribution in [-0.4, -0.2) is 40.8 Å². The van der Waals surface area contributed by atoms with Gasteiger partial charge in [-0.15, -0.1) is 0 Å². The highest BCUT2D eigenvalue weighted by Gasteiger charge is 2.26. The van der Waals surface area contributed by atoms with Crippen LogP contribution in [-0.2, 0) is 20.9 Å². The Balaban J connectivity index is 1.68. The van der Waals surface area contributed by atoms with Gasteiger partial charge in [0.05, 0.1) is 12.0 Å². The summed E-state index contributed by atoms with van der Waals surface area (Å²) in [4.78, 5) is 53.2. The van der Waals surface area contributed by atoms with E-state index in [1.54, 1.807) is 31.4 Å². The summed E-state index contributed by atoms with van der Waals surface area (Å²) in [7, 11) is 3.01. The molecule has 1 amide bonds. The number of methoxy groups -OCH3 is 1. The predicted molar refractivity (Wildman–Crippen MR) is 169 cm³/mol. The van der Waals surface area contributed by atoms with E-state index >= 15 is 0 Å². The fourth-order valence-corrected chi connectivity index (χ4v) is 5.47. The van der Waals surface area contributed by atoms with Gasteiger partial charge < -0.3 is 19.9 Å². The minimum Gasteiger partial charge on any atom is -0.469 e. The summed E-state index contributed by atoms with van der Waals surface area (Å²) in [5.74, 6) is -0.439. The smallest absolute Gasteiger partial charge is 0.305 e. The zero-order valence-corrected chi connectivity index (χ0v) is 25.9. The Morgan fingerprint density at radius 1 is 1.12 bits per heavy atom. The molecule has 0 bridgehead atoms. The molecule has 1 unspecified atom stereocenters. The molecule has 11 heteroatoms. The molecule has 0 radical (unpaired) electrons. The third-order valence-corrected chi connectivity index (χ3v) is 8.30. The van der Waals surface area contributed by atoms with Gasteiger partial charge in [-0.1, -0.05) is 47.1 Å². The van der Waals surface area contributed by atoms with Crippen molar-refractivity contribution in [2.45, 2.75) is 45.2 Å². The number of nitrogens with zero attached hydrogens (tertiary/aromatic N) is 2. The first-order chi connectivity index (χ1) is 20.5. The number of carbonyl (C=O) groups is 2. The molecular weight excluding hydrogens is 616 g/mol. The van der Waals surface area contributed by atoms with Crippen LogP contribution in [0.4, 0.5) is 11.4 Å². The number of nitro benzene ring substituents is 1. The lowest BCUT2D eigenvalue weighted by atomic mass is 9.90. The van der Waals surface area contributed by atoms with E-state index in [4.69, 9.17) is 4.74 Å². The monoisotopic (exact) mass is 648 g/mol. The number of aromatic nitrogens is 1. The maximum atomic E-state index is 14.0. The number of aryl methyl sites for hydroxylation is 1. The molecule has 4 rings (SSSR count). The van der Waals surface area contributed by atoms with Crippen molar-refractivity contribution < 1.29 is 19.2 Å². The van der Waals surface area contributed by atoms with Crippen molar-refractivity contribution in [2.24, 2.45) is 0 Å². The van der Waals surface area contributed by atoms with Gasteiger partial charge in [0.2, 0.25) is 5.91 Å². The Labute approximate surface area is 257 Å². The van der Waals surface area contributed by atoms with Crippen molar-refractivity contribution >= 4 is 50.0 Å². The number of nitro groups is 1. The number of nitrogens with one attached hydrogen (secondary N) is 2. The number of pyridine rings is 1. The molecule has 1 aromatic heterocycles. The lowest BCUT2D eigenvalue weighted by Crippen LogP contribution is -2.35. The maximum absolute atomic E-state index is 14.0. The van der Waals surface area contributed by atoms with Crippen LogP contribution < -0.4 is 10.9 Å². The number of hydrogen-bond acceptors (Lipinski definition) is 7. The Morgan fingerprint density at radius 2 is 1.88 bits per heavy atom. The van der Waals surface area contributed by atoms with Crippen molar-refractivity contribution in [1.29, 1.82) is 0 Å². The molecule has 2 N–H and O–H groups in total. The number of anilines is 1. The van der Waals surface area contributed by atoms with E-state index in [9.17, 15) is 24.5 Å². The van der Waals surface area contributed by atoms with Crippen LogP contribution >= 0.6 is 15.9 Å². The molecular formula is C32H33BrN4O6. The Hall–Kier alpha value is -4.51. The van der Waals surface area contributed by atoms with Gasteiger partial charge in [-0.2, -0.15) is 0 Å². The number of ether oxygens (including phenoxy) is 1. The van der Waals surface area contributed by atoms with Crippen molar-refractivity contribution in [1.82, 2.24) is 9.88 Å². The molecule has 224 valence electrons. The number of rotatable bonds is 11. The average molecular weight is 650 g/mol. The quantitative estimate of drug-likeness (QED) is 0.109. The van der Waals surface area contributed by atoms with E-state index in [1.807, 2.05) is 44.2 Å². The molecule has 0 spiro atoms. The predicted octanol–water partition coefficient (Wildman–Crippen LogP) is 6.38. The summed E-state index contributed by atoms with van der Waals surface area (Å²) in [6, 6.07) is 16.6. The fourth-order valence-electron chi connectivity index (χ4n) is 5.10. The first-order valence-corrected chi connectivity index (χ1v) is 14.5. The molecule has 4 aromatic rings. The molecule has 0 aliphatic heterocycles. The number of benzene rings is 3. The average Bonchev–Trinajstić information content (AvgIpc) is 2.99. The number of halogens is 1. The number of non-ortho nitro benzene ring substituents is 1. The molecule has 0 fully saturated rings. The van der Waals surface area contributed by atoms with Gasteiger partial charge >= 0.3 is 5.97 Å². The van der Waals surface area contributed by atoms with Crippen molar-refractivity contribution in [3.8, 4) is 0 Å². The van der Waals surface area contributed by atoms with Crippen LogP contribution in [0.25, 0.3) is 10.8 Å². The third kappa shape index (κ3) is 7.47. The second-order valence-corrected chi connectivity index (χ2v) is 11.4. The van der Waals surface area contributed by atoms with E-state index in [0.29, 0.717) is 39.5 Å². The highest BCUT2D eigenvalue weighted by molar-refractivity contribution is 9.10. The second-order valence-electron chi connectivity index (χ2n) is 10.5. The summed E-state index contributed by atoms with van der Waals surface area (Å²) >= 11 is 3.44. The van der Waals surface area contributed by atoms with E-state index in [0.717, 1.165) is 16.5 Å². The molecule has 2 atom stereocenters. The minimum atomic E-state index is -0.833. The summed E-state index contributed by atoms with van der Waals surface area (Å²) in [5, 5.41) is 15.9. The largest absolute Gasteiger partial charge is 0.469 e. The molecule has 0 aliphatic carbocycles. The number of hydrogen-bond donors (Lipinski definition) is 2. The first-order valence-electron chi connectivity index (χ1n) is 13.7. The molecule has 1 heterocycles. The van der Waals surface area contributed by atoms with Gasteiger partial charge in [-0.05, 0) is 71.2 Å². The number of fused-ring (bicyclic) bond motifs is 1. The van der Waals surface area contributed by atoms with Crippen LogP contribution in [0.2, 0.25) is 0 Å². The SMILES string of the molecule is COC(=O)CC[C@H](C)c1ccc(C(Nc2ccc3cc[nH]c(=O)c3c2)C(=O)N(C)Cc2cc([N+](=O)[O-])ccc2Br)cc1C. The molecule has 43 heavy (non-hydrogen) atoms. The normalized spacial score (nSPS) is 12.4. The van der Waals surface area contributed by atoms with Gasteiger partial charge in [0.1, 0.15) is 6.04 Å². The summed E-state index contributed by atoms with van der Waals surface area (Å²) in [5.41, 5.74) is 3.60. The topological polar surface area (TPSA) is 135 Å².